The van der Waals surface area contributed by atoms with Crippen LogP contribution < -0.4 is 5.32 Å². The predicted octanol–water partition coefficient (Wildman–Crippen LogP) is 1.46. The van der Waals surface area contributed by atoms with Crippen LogP contribution in [0.25, 0.3) is 0 Å². The van der Waals surface area contributed by atoms with Crippen LogP contribution in [0.3, 0.4) is 0 Å². The Morgan fingerprint density at radius 3 is 2.93 bits per heavy atom. The predicted molar refractivity (Wildman–Crippen MR) is 64.0 cm³/mol. The van der Waals surface area contributed by atoms with E-state index in [0.29, 0.717) is 5.69 Å². The van der Waals surface area contributed by atoms with Crippen LogP contribution in [0.2, 0.25) is 0 Å². The first-order valence-electron chi connectivity index (χ1n) is 4.89. The number of aromatic nitrogens is 1. The molecule has 1 aromatic heterocycles. The smallest absolute Gasteiger partial charge is 0.270 e. The lowest BCUT2D eigenvalue weighted by atomic mass is 10.3. The zero-order valence-electron chi connectivity index (χ0n) is 9.01. The van der Waals surface area contributed by atoms with Gasteiger partial charge in [-0.25, -0.2) is 0 Å². The number of hydrogen-bond donors (Lipinski definition) is 2. The van der Waals surface area contributed by atoms with Gasteiger partial charge in [0.2, 0.25) is 0 Å². The Kier molecular flexibility index (Phi) is 4.84. The van der Waals surface area contributed by atoms with Crippen LogP contribution in [0.1, 0.15) is 16.9 Å². The van der Waals surface area contributed by atoms with Gasteiger partial charge >= 0.3 is 0 Å². The van der Waals surface area contributed by atoms with Crippen LogP contribution in [-0.2, 0) is 0 Å². The molecule has 2 N–H and O–H groups in total. The molecule has 0 aromatic carbocycles. The highest BCUT2D eigenvalue weighted by molar-refractivity contribution is 9.10. The molecule has 0 aliphatic rings. The van der Waals surface area contributed by atoms with Gasteiger partial charge in [0.15, 0.2) is 0 Å². The quantitative estimate of drug-likeness (QED) is 0.799. The molecule has 4 nitrogen and oxygen atoms in total. The third kappa shape index (κ3) is 3.68. The van der Waals surface area contributed by atoms with Crippen molar-refractivity contribution in [3.8, 4) is 0 Å². The van der Waals surface area contributed by atoms with Crippen molar-refractivity contribution in [1.82, 2.24) is 15.2 Å². The first kappa shape index (κ1) is 12.3. The number of nitrogens with one attached hydrogen (secondary N) is 2. The molecule has 1 aromatic rings. The molecular weight excluding hydrogens is 258 g/mol. The number of halogens is 1. The largest absolute Gasteiger partial charge is 0.356 e. The van der Waals surface area contributed by atoms with Gasteiger partial charge < -0.3 is 15.2 Å². The fourth-order valence-corrected chi connectivity index (χ4v) is 1.63. The minimum atomic E-state index is 0.0248. The summed E-state index contributed by atoms with van der Waals surface area (Å²) in [5.74, 6) is 0.0248. The monoisotopic (exact) mass is 273 g/mol. The van der Waals surface area contributed by atoms with Crippen LogP contribution in [0.4, 0.5) is 0 Å². The Hall–Kier alpha value is -0.810. The van der Waals surface area contributed by atoms with Crippen LogP contribution in [-0.4, -0.2) is 43.0 Å². The summed E-state index contributed by atoms with van der Waals surface area (Å²) in [5.41, 5.74) is 0.619. The molecule has 0 unspecified atom stereocenters. The van der Waals surface area contributed by atoms with Crippen molar-refractivity contribution in [3.05, 3.63) is 22.4 Å². The van der Waals surface area contributed by atoms with E-state index < -0.39 is 0 Å². The number of hydrogen-bond acceptors (Lipinski definition) is 2. The second-order valence-corrected chi connectivity index (χ2v) is 4.33. The van der Waals surface area contributed by atoms with Gasteiger partial charge in [0.1, 0.15) is 5.69 Å². The number of nitrogens with zero attached hydrogens (tertiary/aromatic N) is 1. The average Bonchev–Trinajstić information content (AvgIpc) is 2.64. The molecule has 0 aliphatic carbocycles. The Bertz CT molecular complexity index is 324. The van der Waals surface area contributed by atoms with Crippen LogP contribution in [0.5, 0.6) is 0 Å². The van der Waals surface area contributed by atoms with E-state index in [0.717, 1.165) is 24.0 Å². The number of amides is 1. The van der Waals surface area contributed by atoms with Gasteiger partial charge in [-0.05, 0) is 42.0 Å². The normalized spacial score (nSPS) is 10.3. The van der Waals surface area contributed by atoms with Crippen molar-refractivity contribution in [1.29, 1.82) is 0 Å². The molecule has 5 heteroatoms. The van der Waals surface area contributed by atoms with Crippen LogP contribution in [0.15, 0.2) is 16.7 Å². The first-order chi connectivity index (χ1) is 7.15. The summed E-state index contributed by atoms with van der Waals surface area (Å²) in [6.45, 7) is 1.68. The van der Waals surface area contributed by atoms with Gasteiger partial charge in [0, 0.05) is 24.3 Å². The second-order valence-electron chi connectivity index (χ2n) is 3.42. The molecule has 0 spiro atoms. The molecule has 0 radical (unpaired) electrons. The third-order valence-electron chi connectivity index (χ3n) is 2.15. The van der Waals surface area contributed by atoms with E-state index in [1.54, 1.807) is 17.2 Å². The van der Waals surface area contributed by atoms with Crippen molar-refractivity contribution >= 4 is 21.8 Å². The number of carbonyl (C=O) groups excluding carboxylic acids is 1. The molecule has 0 bridgehead atoms. The van der Waals surface area contributed by atoms with Crippen molar-refractivity contribution in [2.75, 3.05) is 27.2 Å². The number of carbonyl (C=O) groups is 1. The Labute approximate surface area is 98.2 Å². The van der Waals surface area contributed by atoms with Gasteiger partial charge in [-0.15, -0.1) is 0 Å². The Morgan fingerprint density at radius 1 is 1.67 bits per heavy atom. The number of aromatic amines is 1. The highest BCUT2D eigenvalue weighted by Gasteiger charge is 2.12. The molecule has 0 atom stereocenters. The molecule has 1 rings (SSSR count). The topological polar surface area (TPSA) is 48.1 Å². The summed E-state index contributed by atoms with van der Waals surface area (Å²) < 4.78 is 0.898. The van der Waals surface area contributed by atoms with Crippen molar-refractivity contribution in [2.24, 2.45) is 0 Å². The molecule has 0 saturated carbocycles. The number of rotatable bonds is 5. The zero-order valence-corrected chi connectivity index (χ0v) is 10.6. The molecule has 0 aliphatic heterocycles. The van der Waals surface area contributed by atoms with E-state index in [2.05, 4.69) is 26.2 Å². The van der Waals surface area contributed by atoms with E-state index in [-0.39, 0.29) is 5.91 Å². The van der Waals surface area contributed by atoms with Gasteiger partial charge in [-0.1, -0.05) is 0 Å². The minimum absolute atomic E-state index is 0.0248. The molecule has 1 heterocycles. The van der Waals surface area contributed by atoms with E-state index in [1.165, 1.54) is 0 Å². The summed E-state index contributed by atoms with van der Waals surface area (Å²) in [5, 5.41) is 3.05. The second kappa shape index (κ2) is 5.92. The maximum absolute atomic E-state index is 11.8. The van der Waals surface area contributed by atoms with E-state index >= 15 is 0 Å². The molecule has 15 heavy (non-hydrogen) atoms. The summed E-state index contributed by atoms with van der Waals surface area (Å²) in [4.78, 5) is 16.4. The Balaban J connectivity index is 2.46. The lowest BCUT2D eigenvalue weighted by molar-refractivity contribution is 0.0788. The summed E-state index contributed by atoms with van der Waals surface area (Å²) in [6.07, 6.45) is 2.72. The Morgan fingerprint density at radius 2 is 2.40 bits per heavy atom. The number of H-pyrrole nitrogens is 1. The lowest BCUT2D eigenvalue weighted by Gasteiger charge is -2.15. The van der Waals surface area contributed by atoms with Gasteiger partial charge in [0.05, 0.1) is 0 Å². The van der Waals surface area contributed by atoms with Gasteiger partial charge in [-0.3, -0.25) is 4.79 Å². The maximum Gasteiger partial charge on any atom is 0.270 e. The molecular formula is C10H16BrN3O. The summed E-state index contributed by atoms with van der Waals surface area (Å²) in [6, 6.07) is 1.79. The minimum Gasteiger partial charge on any atom is -0.356 e. The highest BCUT2D eigenvalue weighted by Crippen LogP contribution is 2.11. The fraction of sp³-hybridized carbons (Fsp3) is 0.500. The summed E-state index contributed by atoms with van der Waals surface area (Å²) >= 11 is 3.30. The molecule has 0 fully saturated rings. The van der Waals surface area contributed by atoms with E-state index in [4.69, 9.17) is 0 Å². The van der Waals surface area contributed by atoms with Crippen molar-refractivity contribution < 1.29 is 4.79 Å². The van der Waals surface area contributed by atoms with Gasteiger partial charge in [0.25, 0.3) is 5.91 Å². The first-order valence-corrected chi connectivity index (χ1v) is 5.68. The lowest BCUT2D eigenvalue weighted by Crippen LogP contribution is -2.29. The van der Waals surface area contributed by atoms with Gasteiger partial charge in [-0.2, -0.15) is 0 Å². The molecule has 0 saturated heterocycles. The molecule has 84 valence electrons. The van der Waals surface area contributed by atoms with Crippen molar-refractivity contribution in [2.45, 2.75) is 6.42 Å². The fourth-order valence-electron chi connectivity index (χ4n) is 1.29. The van der Waals surface area contributed by atoms with Crippen molar-refractivity contribution in [3.63, 3.8) is 0 Å². The molecule has 1 amide bonds. The highest BCUT2D eigenvalue weighted by atomic mass is 79.9. The average molecular weight is 274 g/mol. The summed E-state index contributed by atoms with van der Waals surface area (Å²) in [7, 11) is 3.72. The standard InChI is InChI=1S/C10H16BrN3O/c1-12-4-3-5-14(2)10(15)9-6-8(11)7-13-9/h6-7,12-13H,3-5H2,1-2H3. The zero-order chi connectivity index (χ0) is 11.3. The van der Waals surface area contributed by atoms with E-state index in [1.807, 2.05) is 14.1 Å². The van der Waals surface area contributed by atoms with E-state index in [9.17, 15) is 4.79 Å². The SMILES string of the molecule is CNCCCN(C)C(=O)c1cc(Br)c[nH]1. The third-order valence-corrected chi connectivity index (χ3v) is 2.60. The van der Waals surface area contributed by atoms with Crippen LogP contribution in [0, 0.1) is 0 Å². The van der Waals surface area contributed by atoms with Crippen LogP contribution >= 0.6 is 15.9 Å². The maximum atomic E-state index is 11.8.